The summed E-state index contributed by atoms with van der Waals surface area (Å²) >= 11 is 2.61. The van der Waals surface area contributed by atoms with E-state index in [-0.39, 0.29) is 35.8 Å². The van der Waals surface area contributed by atoms with Crippen LogP contribution in [0.25, 0.3) is 0 Å². The lowest BCUT2D eigenvalue weighted by Crippen LogP contribution is -2.16. The highest BCUT2D eigenvalue weighted by molar-refractivity contribution is 8.01. The lowest BCUT2D eigenvalue weighted by Gasteiger charge is -2.12. The van der Waals surface area contributed by atoms with Gasteiger partial charge in [-0.15, -0.1) is 11.3 Å². The number of benzene rings is 2. The molecule has 0 radical (unpaired) electrons. The zero-order valence-corrected chi connectivity index (χ0v) is 21.5. The predicted molar refractivity (Wildman–Crippen MR) is 142 cm³/mol. The van der Waals surface area contributed by atoms with Crippen LogP contribution in [0.2, 0.25) is 0 Å². The summed E-state index contributed by atoms with van der Waals surface area (Å²) in [6, 6.07) is 11.8. The molecule has 0 atom stereocenters. The molecule has 2 aromatic carbocycles. The molecule has 0 unspecified atom stereocenters. The second kappa shape index (κ2) is 12.7. The Hall–Kier alpha value is -3.90. The van der Waals surface area contributed by atoms with E-state index in [1.807, 2.05) is 0 Å². The Morgan fingerprint density at radius 3 is 2.22 bits per heavy atom. The maximum atomic E-state index is 12.6. The van der Waals surface area contributed by atoms with Gasteiger partial charge in [-0.2, -0.15) is 0 Å². The van der Waals surface area contributed by atoms with Gasteiger partial charge in [0.1, 0.15) is 5.75 Å². The third kappa shape index (κ3) is 8.40. The molecule has 188 valence electrons. The van der Waals surface area contributed by atoms with Gasteiger partial charge in [-0.05, 0) is 36.4 Å². The number of methoxy groups -OCH3 is 1. The minimum atomic E-state index is -0.299. The normalized spacial score (nSPS) is 10.3. The fourth-order valence-corrected chi connectivity index (χ4v) is 4.73. The molecule has 36 heavy (non-hydrogen) atoms. The number of carbonyl (C=O) groups excluding carboxylic acids is 4. The molecule has 10 nitrogen and oxygen atoms in total. The van der Waals surface area contributed by atoms with Gasteiger partial charge in [0.15, 0.2) is 4.34 Å². The van der Waals surface area contributed by atoms with Gasteiger partial charge in [-0.3, -0.25) is 19.2 Å². The van der Waals surface area contributed by atoms with Crippen molar-refractivity contribution in [3.05, 3.63) is 53.5 Å². The molecule has 0 fully saturated rings. The zero-order chi connectivity index (χ0) is 26.1. The minimum absolute atomic E-state index is 0.0344. The number of thioether (sulfide) groups is 1. The van der Waals surface area contributed by atoms with Gasteiger partial charge in [0.2, 0.25) is 23.6 Å². The number of hydrogen-bond donors (Lipinski definition) is 4. The highest BCUT2D eigenvalue weighted by atomic mass is 32.2. The molecule has 1 aromatic heterocycles. The topological polar surface area (TPSA) is 139 Å². The Bertz CT molecular complexity index is 1280. The summed E-state index contributed by atoms with van der Waals surface area (Å²) in [5, 5.41) is 12.7. The van der Waals surface area contributed by atoms with E-state index in [2.05, 4.69) is 26.3 Å². The Kier molecular flexibility index (Phi) is 9.42. The van der Waals surface area contributed by atoms with Crippen molar-refractivity contribution in [2.75, 3.05) is 34.1 Å². The van der Waals surface area contributed by atoms with Gasteiger partial charge >= 0.3 is 0 Å². The van der Waals surface area contributed by atoms with Crippen LogP contribution in [0.1, 0.15) is 19.5 Å². The number of nitrogens with one attached hydrogen (secondary N) is 4. The number of rotatable bonds is 10. The van der Waals surface area contributed by atoms with E-state index < -0.39 is 0 Å². The van der Waals surface area contributed by atoms with E-state index in [0.717, 1.165) is 0 Å². The largest absolute Gasteiger partial charge is 0.495 e. The molecule has 0 saturated carbocycles. The first-order valence-electron chi connectivity index (χ1n) is 10.7. The van der Waals surface area contributed by atoms with Gasteiger partial charge in [0, 0.05) is 36.3 Å². The second-order valence-electron chi connectivity index (χ2n) is 7.52. The third-order valence-electron chi connectivity index (χ3n) is 4.46. The number of hydrogen-bond acceptors (Lipinski definition) is 8. The molecule has 3 aromatic rings. The molecule has 4 amide bonds. The molecule has 0 bridgehead atoms. The van der Waals surface area contributed by atoms with E-state index in [1.54, 1.807) is 47.8 Å². The van der Waals surface area contributed by atoms with Crippen molar-refractivity contribution in [1.82, 2.24) is 4.98 Å². The number of nitrogens with zero attached hydrogens (tertiary/aromatic N) is 1. The molecule has 0 spiro atoms. The Balaban J connectivity index is 1.52. The molecule has 1 heterocycles. The lowest BCUT2D eigenvalue weighted by molar-refractivity contribution is -0.116. The molecule has 0 saturated heterocycles. The van der Waals surface area contributed by atoms with Crippen LogP contribution < -0.4 is 26.0 Å². The first kappa shape index (κ1) is 26.7. The van der Waals surface area contributed by atoms with Gasteiger partial charge in [0.05, 0.1) is 30.7 Å². The van der Waals surface area contributed by atoms with Crippen LogP contribution in [0.15, 0.2) is 52.2 Å². The minimum Gasteiger partial charge on any atom is -0.495 e. The van der Waals surface area contributed by atoms with E-state index in [0.29, 0.717) is 38.5 Å². The number of anilines is 4. The van der Waals surface area contributed by atoms with Crippen LogP contribution in [0.4, 0.5) is 22.7 Å². The second-order valence-corrected chi connectivity index (χ2v) is 9.61. The van der Waals surface area contributed by atoms with Crippen molar-refractivity contribution in [3.63, 3.8) is 0 Å². The number of thiazole rings is 1. The molecule has 4 N–H and O–H groups in total. The van der Waals surface area contributed by atoms with E-state index >= 15 is 0 Å². The van der Waals surface area contributed by atoms with Crippen LogP contribution in [-0.4, -0.2) is 41.5 Å². The van der Waals surface area contributed by atoms with Gasteiger partial charge in [-0.1, -0.05) is 17.8 Å². The average molecular weight is 528 g/mol. The summed E-state index contributed by atoms with van der Waals surface area (Å²) in [6.45, 7) is 2.81. The van der Waals surface area contributed by atoms with Crippen molar-refractivity contribution in [1.29, 1.82) is 0 Å². The number of carbonyl (C=O) groups is 4. The van der Waals surface area contributed by atoms with Crippen molar-refractivity contribution in [2.45, 2.75) is 24.6 Å². The number of aromatic nitrogens is 1. The van der Waals surface area contributed by atoms with E-state index in [4.69, 9.17) is 4.74 Å². The SMILES string of the molecule is COc1ccc(NC(C)=O)cc1NC(=O)Cc1csc(SCC(=O)Nc2cccc(NC(C)=O)c2)n1. The molecule has 3 rings (SSSR count). The summed E-state index contributed by atoms with van der Waals surface area (Å²) in [6.07, 6.45) is 0.0344. The summed E-state index contributed by atoms with van der Waals surface area (Å²) in [4.78, 5) is 51.8. The van der Waals surface area contributed by atoms with Crippen LogP contribution in [0, 0.1) is 0 Å². The highest BCUT2D eigenvalue weighted by Crippen LogP contribution is 2.28. The Morgan fingerprint density at radius 2 is 1.56 bits per heavy atom. The monoisotopic (exact) mass is 527 g/mol. The fraction of sp³-hybridized carbons (Fsp3) is 0.208. The fourth-order valence-electron chi connectivity index (χ4n) is 3.08. The molecular formula is C24H25N5O5S2. The van der Waals surface area contributed by atoms with E-state index in [1.165, 1.54) is 44.1 Å². The molecular weight excluding hydrogens is 502 g/mol. The van der Waals surface area contributed by atoms with Crippen LogP contribution in [-0.2, 0) is 25.6 Å². The smallest absolute Gasteiger partial charge is 0.234 e. The predicted octanol–water partition coefficient (Wildman–Crippen LogP) is 3.98. The Morgan fingerprint density at radius 1 is 0.889 bits per heavy atom. The highest BCUT2D eigenvalue weighted by Gasteiger charge is 2.13. The van der Waals surface area contributed by atoms with Crippen LogP contribution in [0.3, 0.4) is 0 Å². The molecule has 12 heteroatoms. The third-order valence-corrected chi connectivity index (χ3v) is 6.53. The first-order chi connectivity index (χ1) is 17.2. The van der Waals surface area contributed by atoms with Crippen LogP contribution in [0.5, 0.6) is 5.75 Å². The number of amides is 4. The van der Waals surface area contributed by atoms with Crippen molar-refractivity contribution in [2.24, 2.45) is 0 Å². The maximum absolute atomic E-state index is 12.6. The summed E-state index contributed by atoms with van der Waals surface area (Å²) in [7, 11) is 1.49. The maximum Gasteiger partial charge on any atom is 0.234 e. The van der Waals surface area contributed by atoms with E-state index in [9.17, 15) is 19.2 Å². The van der Waals surface area contributed by atoms with Gasteiger partial charge in [0.25, 0.3) is 0 Å². The van der Waals surface area contributed by atoms with Gasteiger partial charge < -0.3 is 26.0 Å². The average Bonchev–Trinajstić information content (AvgIpc) is 3.24. The standard InChI is InChI=1S/C24H25N5O5S2/c1-14(30)25-16-5-4-6-17(9-16)27-23(33)13-36-24-28-19(12-35-24)11-22(32)29-20-10-18(26-15(2)31)7-8-21(20)34-3/h4-10,12H,11,13H2,1-3H3,(H,25,30)(H,26,31)(H,27,33)(H,29,32). The van der Waals surface area contributed by atoms with Crippen LogP contribution >= 0.6 is 23.1 Å². The lowest BCUT2D eigenvalue weighted by atomic mass is 10.2. The Labute approximate surface area is 216 Å². The number of ether oxygens (including phenoxy) is 1. The van der Waals surface area contributed by atoms with Crippen molar-refractivity contribution < 1.29 is 23.9 Å². The first-order valence-corrected chi connectivity index (χ1v) is 12.6. The molecule has 0 aliphatic heterocycles. The summed E-state index contributed by atoms with van der Waals surface area (Å²) in [5.41, 5.74) is 2.70. The molecule has 0 aliphatic rings. The zero-order valence-electron chi connectivity index (χ0n) is 19.8. The van der Waals surface area contributed by atoms with Gasteiger partial charge in [-0.25, -0.2) is 4.98 Å². The van der Waals surface area contributed by atoms with Crippen molar-refractivity contribution >= 4 is 69.5 Å². The van der Waals surface area contributed by atoms with Crippen molar-refractivity contribution in [3.8, 4) is 5.75 Å². The summed E-state index contributed by atoms with van der Waals surface area (Å²) < 4.78 is 5.94. The summed E-state index contributed by atoms with van der Waals surface area (Å²) in [5.74, 6) is -0.346. The molecule has 0 aliphatic carbocycles. The quantitative estimate of drug-likeness (QED) is 0.293.